The monoisotopic (exact) mass is 358 g/mol. The van der Waals surface area contributed by atoms with Crippen molar-refractivity contribution in [2.75, 3.05) is 33.8 Å². The fraction of sp³-hybridized carbons (Fsp3) is 0.368. The predicted octanol–water partition coefficient (Wildman–Crippen LogP) is 2.12. The number of nitrogens with zero attached hydrogens (tertiary/aromatic N) is 2. The maximum atomic E-state index is 11.8. The number of carbonyl (C=O) groups is 1. The summed E-state index contributed by atoms with van der Waals surface area (Å²) in [6, 6.07) is 11.3. The molecule has 1 aromatic heterocycles. The first-order chi connectivity index (χ1) is 12.6. The highest BCUT2D eigenvalue weighted by atomic mass is 16.5. The van der Waals surface area contributed by atoms with Crippen LogP contribution in [-0.2, 0) is 6.54 Å². The standard InChI is InChI=1S/C19H26N4O3/c1-4-20-19(22-12-11-21-18(24)17-6-5-13-26-17)23(2)14-15-7-9-16(25-3)10-8-15/h5-10,13H,4,11-12,14H2,1-3H3,(H,20,22)(H,21,24). The van der Waals surface area contributed by atoms with Gasteiger partial charge in [-0.25, -0.2) is 0 Å². The van der Waals surface area contributed by atoms with Gasteiger partial charge in [0.2, 0.25) is 0 Å². The molecule has 1 aromatic carbocycles. The summed E-state index contributed by atoms with van der Waals surface area (Å²) >= 11 is 0. The lowest BCUT2D eigenvalue weighted by molar-refractivity contribution is 0.0927. The van der Waals surface area contributed by atoms with Crippen LogP contribution in [0.2, 0.25) is 0 Å². The van der Waals surface area contributed by atoms with Crippen molar-refractivity contribution in [1.29, 1.82) is 0 Å². The van der Waals surface area contributed by atoms with Crippen LogP contribution in [0, 0.1) is 0 Å². The smallest absolute Gasteiger partial charge is 0.287 e. The second-order valence-corrected chi connectivity index (χ2v) is 5.67. The van der Waals surface area contributed by atoms with E-state index in [9.17, 15) is 4.79 Å². The van der Waals surface area contributed by atoms with Gasteiger partial charge in [0.25, 0.3) is 5.91 Å². The summed E-state index contributed by atoms with van der Waals surface area (Å²) < 4.78 is 10.2. The lowest BCUT2D eigenvalue weighted by Gasteiger charge is -2.22. The largest absolute Gasteiger partial charge is 0.497 e. The van der Waals surface area contributed by atoms with Gasteiger partial charge in [-0.1, -0.05) is 12.1 Å². The van der Waals surface area contributed by atoms with Gasteiger partial charge < -0.3 is 24.7 Å². The number of furan rings is 1. The fourth-order valence-corrected chi connectivity index (χ4v) is 2.38. The van der Waals surface area contributed by atoms with Crippen molar-refractivity contribution in [3.63, 3.8) is 0 Å². The Morgan fingerprint density at radius 3 is 2.62 bits per heavy atom. The number of aliphatic imine (C=N–C) groups is 1. The molecular formula is C19H26N4O3. The number of methoxy groups -OCH3 is 1. The topological polar surface area (TPSA) is 79.1 Å². The Hall–Kier alpha value is -2.96. The third-order valence-corrected chi connectivity index (χ3v) is 3.68. The van der Waals surface area contributed by atoms with Crippen LogP contribution >= 0.6 is 0 Å². The molecule has 0 radical (unpaired) electrons. The molecule has 2 aromatic rings. The van der Waals surface area contributed by atoms with E-state index in [-0.39, 0.29) is 5.91 Å². The van der Waals surface area contributed by atoms with Crippen molar-refractivity contribution in [1.82, 2.24) is 15.5 Å². The molecule has 1 amide bonds. The van der Waals surface area contributed by atoms with E-state index in [2.05, 4.69) is 15.6 Å². The summed E-state index contributed by atoms with van der Waals surface area (Å²) in [6.07, 6.45) is 1.48. The molecule has 0 bridgehead atoms. The van der Waals surface area contributed by atoms with E-state index < -0.39 is 0 Å². The van der Waals surface area contributed by atoms with Crippen LogP contribution < -0.4 is 15.4 Å². The first-order valence-electron chi connectivity index (χ1n) is 8.58. The lowest BCUT2D eigenvalue weighted by Crippen LogP contribution is -2.39. The summed E-state index contributed by atoms with van der Waals surface area (Å²) in [5, 5.41) is 6.04. The summed E-state index contributed by atoms with van der Waals surface area (Å²) in [6.45, 7) is 4.42. The summed E-state index contributed by atoms with van der Waals surface area (Å²) in [4.78, 5) is 18.4. The second-order valence-electron chi connectivity index (χ2n) is 5.67. The van der Waals surface area contributed by atoms with Gasteiger partial charge in [-0.2, -0.15) is 0 Å². The Labute approximate surface area is 154 Å². The van der Waals surface area contributed by atoms with E-state index >= 15 is 0 Å². The molecule has 0 fully saturated rings. The number of hydrogen-bond donors (Lipinski definition) is 2. The molecule has 0 spiro atoms. The molecule has 7 nitrogen and oxygen atoms in total. The molecule has 7 heteroatoms. The zero-order valence-electron chi connectivity index (χ0n) is 15.5. The Morgan fingerprint density at radius 2 is 2.00 bits per heavy atom. The average Bonchev–Trinajstić information content (AvgIpc) is 3.19. The van der Waals surface area contributed by atoms with Crippen LogP contribution in [0.4, 0.5) is 0 Å². The second kappa shape index (κ2) is 10.1. The highest BCUT2D eigenvalue weighted by Crippen LogP contribution is 2.12. The number of hydrogen-bond acceptors (Lipinski definition) is 4. The quantitative estimate of drug-likeness (QED) is 0.429. The van der Waals surface area contributed by atoms with Crippen LogP contribution in [0.15, 0.2) is 52.1 Å². The minimum absolute atomic E-state index is 0.234. The Bertz CT molecular complexity index is 696. The first kappa shape index (κ1) is 19.4. The van der Waals surface area contributed by atoms with Crippen LogP contribution in [0.1, 0.15) is 23.0 Å². The number of rotatable bonds is 8. The van der Waals surface area contributed by atoms with Crippen molar-refractivity contribution in [3.8, 4) is 5.75 Å². The van der Waals surface area contributed by atoms with E-state index in [0.717, 1.165) is 23.8 Å². The Balaban J connectivity index is 1.86. The zero-order valence-corrected chi connectivity index (χ0v) is 15.5. The molecular weight excluding hydrogens is 332 g/mol. The minimum atomic E-state index is -0.234. The molecule has 0 aliphatic heterocycles. The van der Waals surface area contributed by atoms with Gasteiger partial charge in [0.1, 0.15) is 5.75 Å². The predicted molar refractivity (Wildman–Crippen MR) is 101 cm³/mol. The van der Waals surface area contributed by atoms with Crippen molar-refractivity contribution in [2.24, 2.45) is 4.99 Å². The number of nitrogens with one attached hydrogen (secondary N) is 2. The number of benzene rings is 1. The molecule has 0 atom stereocenters. The third-order valence-electron chi connectivity index (χ3n) is 3.68. The Kier molecular flexibility index (Phi) is 7.54. The maximum absolute atomic E-state index is 11.8. The molecule has 0 aliphatic rings. The van der Waals surface area contributed by atoms with Gasteiger partial charge in [0.15, 0.2) is 11.7 Å². The molecule has 0 saturated carbocycles. The van der Waals surface area contributed by atoms with Crippen molar-refractivity contribution >= 4 is 11.9 Å². The summed E-state index contributed by atoms with van der Waals surface area (Å²) in [7, 11) is 3.63. The van der Waals surface area contributed by atoms with E-state index in [0.29, 0.717) is 25.4 Å². The number of carbonyl (C=O) groups excluding carboxylic acids is 1. The summed E-state index contributed by atoms with van der Waals surface area (Å²) in [5.74, 6) is 1.69. The van der Waals surface area contributed by atoms with Crippen molar-refractivity contribution < 1.29 is 13.9 Å². The molecule has 26 heavy (non-hydrogen) atoms. The molecule has 0 unspecified atom stereocenters. The van der Waals surface area contributed by atoms with Gasteiger partial charge >= 0.3 is 0 Å². The van der Waals surface area contributed by atoms with Crippen LogP contribution in [0.25, 0.3) is 0 Å². The summed E-state index contributed by atoms with van der Waals surface area (Å²) in [5.41, 5.74) is 1.16. The molecule has 2 N–H and O–H groups in total. The first-order valence-corrected chi connectivity index (χ1v) is 8.58. The Morgan fingerprint density at radius 1 is 1.23 bits per heavy atom. The number of amides is 1. The highest BCUT2D eigenvalue weighted by Gasteiger charge is 2.08. The molecule has 0 aliphatic carbocycles. The molecule has 0 saturated heterocycles. The zero-order chi connectivity index (χ0) is 18.8. The van der Waals surface area contributed by atoms with Crippen LogP contribution in [-0.4, -0.2) is 50.6 Å². The van der Waals surface area contributed by atoms with Crippen molar-refractivity contribution in [2.45, 2.75) is 13.5 Å². The van der Waals surface area contributed by atoms with E-state index in [1.54, 1.807) is 19.2 Å². The van der Waals surface area contributed by atoms with Gasteiger partial charge in [0.05, 0.1) is 19.9 Å². The van der Waals surface area contributed by atoms with Crippen molar-refractivity contribution in [3.05, 3.63) is 54.0 Å². The van der Waals surface area contributed by atoms with Gasteiger partial charge in [-0.3, -0.25) is 9.79 Å². The van der Waals surface area contributed by atoms with E-state index in [4.69, 9.17) is 9.15 Å². The van der Waals surface area contributed by atoms with Crippen LogP contribution in [0.3, 0.4) is 0 Å². The third kappa shape index (κ3) is 5.84. The average molecular weight is 358 g/mol. The molecule has 140 valence electrons. The minimum Gasteiger partial charge on any atom is -0.497 e. The SMILES string of the molecule is CCNC(=NCCNC(=O)c1ccco1)N(C)Cc1ccc(OC)cc1. The fourth-order valence-electron chi connectivity index (χ4n) is 2.38. The maximum Gasteiger partial charge on any atom is 0.287 e. The van der Waals surface area contributed by atoms with Gasteiger partial charge in [0, 0.05) is 26.7 Å². The molecule has 1 heterocycles. The van der Waals surface area contributed by atoms with E-state index in [1.165, 1.54) is 6.26 Å². The highest BCUT2D eigenvalue weighted by molar-refractivity contribution is 5.91. The number of guanidine groups is 1. The van der Waals surface area contributed by atoms with Gasteiger partial charge in [-0.15, -0.1) is 0 Å². The van der Waals surface area contributed by atoms with E-state index in [1.807, 2.05) is 43.1 Å². The van der Waals surface area contributed by atoms with Crippen LogP contribution in [0.5, 0.6) is 5.75 Å². The number of ether oxygens (including phenoxy) is 1. The van der Waals surface area contributed by atoms with Gasteiger partial charge in [-0.05, 0) is 36.8 Å². The molecule has 2 rings (SSSR count). The normalized spacial score (nSPS) is 11.1. The lowest BCUT2D eigenvalue weighted by atomic mass is 10.2.